The van der Waals surface area contributed by atoms with Crippen molar-refractivity contribution in [3.05, 3.63) is 85.0 Å². The number of hydrogen-bond donors (Lipinski definition) is 2. The van der Waals surface area contributed by atoms with E-state index in [1.807, 2.05) is 67.1 Å². The summed E-state index contributed by atoms with van der Waals surface area (Å²) in [7, 11) is 1.62. The molecule has 0 radical (unpaired) electrons. The normalized spacial score (nSPS) is 14.4. The van der Waals surface area contributed by atoms with Gasteiger partial charge in [-0.2, -0.15) is 0 Å². The molecule has 2 aromatic heterocycles. The fourth-order valence-corrected chi connectivity index (χ4v) is 4.26. The molecule has 1 aliphatic rings. The Kier molecular flexibility index (Phi) is 7.02. The molecule has 1 aliphatic heterocycles. The molecular weight excluding hydrogens is 464 g/mol. The van der Waals surface area contributed by atoms with Gasteiger partial charge in [0.15, 0.2) is 0 Å². The second-order valence-electron chi connectivity index (χ2n) is 8.67. The smallest absolute Gasteiger partial charge is 0.271 e. The monoisotopic (exact) mass is 492 g/mol. The Morgan fingerprint density at radius 1 is 0.946 bits per heavy atom. The zero-order chi connectivity index (χ0) is 25.6. The highest BCUT2D eigenvalue weighted by molar-refractivity contribution is 6.05. The molecule has 186 valence electrons. The number of rotatable bonds is 6. The van der Waals surface area contributed by atoms with E-state index in [2.05, 4.69) is 36.1 Å². The number of aliphatic imine (C=N–C) groups is 1. The van der Waals surface area contributed by atoms with Gasteiger partial charge in [0.2, 0.25) is 0 Å². The summed E-state index contributed by atoms with van der Waals surface area (Å²) in [6, 6.07) is 17.8. The van der Waals surface area contributed by atoms with Crippen molar-refractivity contribution in [2.75, 3.05) is 48.3 Å². The molecule has 0 bridgehead atoms. The third kappa shape index (κ3) is 5.56. The van der Waals surface area contributed by atoms with E-state index in [0.717, 1.165) is 54.2 Å². The maximum absolute atomic E-state index is 12.2. The van der Waals surface area contributed by atoms with Gasteiger partial charge in [-0.25, -0.2) is 4.98 Å². The van der Waals surface area contributed by atoms with Crippen LogP contribution in [0.3, 0.4) is 0 Å². The molecule has 0 aliphatic carbocycles. The maximum Gasteiger partial charge on any atom is 0.271 e. The average Bonchev–Trinajstić information content (AvgIpc) is 2.96. The fourth-order valence-electron chi connectivity index (χ4n) is 4.26. The van der Waals surface area contributed by atoms with Crippen LogP contribution >= 0.6 is 0 Å². The third-order valence-corrected chi connectivity index (χ3v) is 6.30. The number of aromatic nitrogens is 3. The van der Waals surface area contributed by atoms with E-state index in [-0.39, 0.29) is 11.6 Å². The molecule has 9 nitrogen and oxygen atoms in total. The zero-order valence-corrected chi connectivity index (χ0v) is 20.6. The highest BCUT2D eigenvalue weighted by Gasteiger charge is 2.19. The Bertz CT molecular complexity index is 1440. The number of piperazine rings is 1. The SMILES string of the molecule is CN=CC=C(N)C(=O)Nc1ccc(-c2ccc3ncc(N4CCN(c5ccncc5)CC4)nc3c2)cc1. The van der Waals surface area contributed by atoms with Crippen LogP contribution in [0.1, 0.15) is 0 Å². The molecule has 0 spiro atoms. The lowest BCUT2D eigenvalue weighted by Gasteiger charge is -2.36. The topological polar surface area (TPSA) is 113 Å². The number of benzene rings is 2. The number of nitrogens with one attached hydrogen (secondary N) is 1. The molecule has 1 saturated heterocycles. The first-order chi connectivity index (χ1) is 18.1. The predicted molar refractivity (Wildman–Crippen MR) is 149 cm³/mol. The van der Waals surface area contributed by atoms with Crippen molar-refractivity contribution in [3.63, 3.8) is 0 Å². The number of fused-ring (bicyclic) bond motifs is 1. The Morgan fingerprint density at radius 2 is 1.65 bits per heavy atom. The molecule has 1 fully saturated rings. The number of carbonyl (C=O) groups is 1. The first-order valence-electron chi connectivity index (χ1n) is 12.1. The van der Waals surface area contributed by atoms with Crippen LogP contribution in [0.2, 0.25) is 0 Å². The number of nitrogens with zero attached hydrogens (tertiary/aromatic N) is 6. The van der Waals surface area contributed by atoms with E-state index in [9.17, 15) is 4.79 Å². The van der Waals surface area contributed by atoms with Crippen LogP contribution in [0.4, 0.5) is 17.2 Å². The molecule has 5 rings (SSSR count). The summed E-state index contributed by atoms with van der Waals surface area (Å²) >= 11 is 0. The lowest BCUT2D eigenvalue weighted by molar-refractivity contribution is -0.112. The van der Waals surface area contributed by atoms with Gasteiger partial charge in [0.1, 0.15) is 5.82 Å². The van der Waals surface area contributed by atoms with Gasteiger partial charge in [-0.05, 0) is 53.6 Å². The van der Waals surface area contributed by atoms with E-state index >= 15 is 0 Å². The third-order valence-electron chi connectivity index (χ3n) is 6.30. The number of carbonyl (C=O) groups excluding carboxylic acids is 1. The Morgan fingerprint density at radius 3 is 2.38 bits per heavy atom. The standard InChI is InChI=1S/C28H28N8O/c1-30-11-10-24(29)28(37)33-22-5-2-20(3-6-22)21-4-7-25-26(18-21)34-27(19-32-25)36-16-14-35(15-17-36)23-8-12-31-13-9-23/h2-13,18-19H,14-17,29H2,1H3,(H,33,37). The molecule has 0 saturated carbocycles. The van der Waals surface area contributed by atoms with E-state index < -0.39 is 0 Å². The first-order valence-corrected chi connectivity index (χ1v) is 12.1. The van der Waals surface area contributed by atoms with Gasteiger partial charge in [-0.15, -0.1) is 0 Å². The minimum absolute atomic E-state index is 0.0948. The summed E-state index contributed by atoms with van der Waals surface area (Å²) in [6.45, 7) is 3.58. The summed E-state index contributed by atoms with van der Waals surface area (Å²) in [6.07, 6.45) is 8.46. The van der Waals surface area contributed by atoms with Gasteiger partial charge in [0.05, 0.1) is 22.9 Å². The Balaban J connectivity index is 1.29. The fraction of sp³-hybridized carbons (Fsp3) is 0.179. The van der Waals surface area contributed by atoms with Gasteiger partial charge < -0.3 is 20.9 Å². The highest BCUT2D eigenvalue weighted by Crippen LogP contribution is 2.26. The van der Waals surface area contributed by atoms with Crippen molar-refractivity contribution in [2.24, 2.45) is 10.7 Å². The number of amides is 1. The number of allylic oxidation sites excluding steroid dienone is 1. The molecular formula is C28H28N8O. The van der Waals surface area contributed by atoms with Crippen molar-refractivity contribution >= 4 is 40.3 Å². The van der Waals surface area contributed by atoms with Crippen LogP contribution in [0.25, 0.3) is 22.2 Å². The van der Waals surface area contributed by atoms with Gasteiger partial charge in [0.25, 0.3) is 5.91 Å². The van der Waals surface area contributed by atoms with E-state index in [1.165, 1.54) is 18.0 Å². The van der Waals surface area contributed by atoms with Crippen LogP contribution in [-0.2, 0) is 4.79 Å². The quantitative estimate of drug-likeness (QED) is 0.313. The van der Waals surface area contributed by atoms with Gasteiger partial charge >= 0.3 is 0 Å². The number of anilines is 3. The summed E-state index contributed by atoms with van der Waals surface area (Å²) in [5.41, 5.74) is 11.4. The molecule has 1 amide bonds. The second-order valence-corrected chi connectivity index (χ2v) is 8.67. The number of hydrogen-bond acceptors (Lipinski definition) is 8. The summed E-state index contributed by atoms with van der Waals surface area (Å²) in [5.74, 6) is 0.513. The molecule has 37 heavy (non-hydrogen) atoms. The van der Waals surface area contributed by atoms with Crippen molar-refractivity contribution in [2.45, 2.75) is 0 Å². The highest BCUT2D eigenvalue weighted by atomic mass is 16.2. The van der Waals surface area contributed by atoms with Crippen molar-refractivity contribution in [3.8, 4) is 11.1 Å². The minimum atomic E-state index is -0.372. The van der Waals surface area contributed by atoms with Crippen LogP contribution in [0.5, 0.6) is 0 Å². The van der Waals surface area contributed by atoms with Crippen LogP contribution in [0.15, 0.2) is 90.0 Å². The predicted octanol–water partition coefficient (Wildman–Crippen LogP) is 3.50. The van der Waals surface area contributed by atoms with Crippen molar-refractivity contribution < 1.29 is 4.79 Å². The van der Waals surface area contributed by atoms with E-state index in [4.69, 9.17) is 10.7 Å². The van der Waals surface area contributed by atoms with Crippen LogP contribution in [0, 0.1) is 0 Å². The largest absolute Gasteiger partial charge is 0.394 e. The molecule has 3 heterocycles. The Labute approximate surface area is 215 Å². The first kappa shape index (κ1) is 23.9. The molecule has 3 N–H and O–H groups in total. The van der Waals surface area contributed by atoms with E-state index in [1.54, 1.807) is 7.05 Å². The summed E-state index contributed by atoms with van der Waals surface area (Å²) in [5, 5.41) is 2.79. The second kappa shape index (κ2) is 10.9. The van der Waals surface area contributed by atoms with Crippen molar-refractivity contribution in [1.29, 1.82) is 0 Å². The van der Waals surface area contributed by atoms with Gasteiger partial charge in [-0.1, -0.05) is 18.2 Å². The lowest BCUT2D eigenvalue weighted by atomic mass is 10.0. The number of nitrogens with two attached hydrogens (primary N) is 1. The van der Waals surface area contributed by atoms with Crippen molar-refractivity contribution in [1.82, 2.24) is 15.0 Å². The maximum atomic E-state index is 12.2. The molecule has 0 unspecified atom stereocenters. The summed E-state index contributed by atoms with van der Waals surface area (Å²) < 4.78 is 0. The molecule has 0 atom stereocenters. The van der Waals surface area contributed by atoms with Crippen LogP contribution in [-0.4, -0.2) is 60.3 Å². The van der Waals surface area contributed by atoms with E-state index in [0.29, 0.717) is 5.69 Å². The van der Waals surface area contributed by atoms with Crippen LogP contribution < -0.4 is 20.9 Å². The molecule has 4 aromatic rings. The molecule has 2 aromatic carbocycles. The lowest BCUT2D eigenvalue weighted by Crippen LogP contribution is -2.46. The Hall–Kier alpha value is -4.79. The zero-order valence-electron chi connectivity index (χ0n) is 20.6. The molecule has 9 heteroatoms. The van der Waals surface area contributed by atoms with Gasteiger partial charge in [-0.3, -0.25) is 19.8 Å². The minimum Gasteiger partial charge on any atom is -0.394 e. The summed E-state index contributed by atoms with van der Waals surface area (Å²) in [4.78, 5) is 34.3. The average molecular weight is 493 g/mol. The number of pyridine rings is 1. The van der Waals surface area contributed by atoms with Gasteiger partial charge in [0, 0.05) is 63.2 Å².